The molecule has 3 atom stereocenters. The average Bonchev–Trinajstić information content (AvgIpc) is 3.13. The summed E-state index contributed by atoms with van der Waals surface area (Å²) in [5, 5.41) is 18.3. The lowest BCUT2D eigenvalue weighted by molar-refractivity contribution is -0.147. The van der Waals surface area contributed by atoms with Crippen molar-refractivity contribution in [3.8, 4) is 0 Å². The summed E-state index contributed by atoms with van der Waals surface area (Å²) in [4.78, 5) is 35.0. The Balaban J connectivity index is 1.80. The van der Waals surface area contributed by atoms with Crippen LogP contribution in [0.2, 0.25) is 0 Å². The van der Waals surface area contributed by atoms with Crippen LogP contribution in [0.25, 0.3) is 0 Å². The number of rotatable bonds is 11. The van der Waals surface area contributed by atoms with Crippen molar-refractivity contribution in [1.29, 1.82) is 0 Å². The monoisotopic (exact) mass is 394 g/mol. The number of carbonyl (C=O) groups excluding carboxylic acids is 2. The van der Waals surface area contributed by atoms with E-state index in [2.05, 4.69) is 0 Å². The summed E-state index contributed by atoms with van der Waals surface area (Å²) >= 11 is 0. The molecule has 0 aromatic heterocycles. The van der Waals surface area contributed by atoms with E-state index >= 15 is 0 Å². The Morgan fingerprint density at radius 2 is 1.89 bits per heavy atom. The van der Waals surface area contributed by atoms with Crippen LogP contribution in [0.4, 0.5) is 0 Å². The van der Waals surface area contributed by atoms with Crippen LogP contribution in [0.5, 0.6) is 0 Å². The summed E-state index contributed by atoms with van der Waals surface area (Å²) in [5.41, 5.74) is -0.785. The number of aliphatic hydroxyl groups excluding tert-OH is 1. The Hall–Kier alpha value is -2.15. The zero-order valence-corrected chi connectivity index (χ0v) is 16.6. The molecule has 0 aromatic carbocycles. The first-order valence-corrected chi connectivity index (χ1v) is 10.0. The van der Waals surface area contributed by atoms with Crippen molar-refractivity contribution in [2.75, 3.05) is 0 Å². The molecule has 156 valence electrons. The molecule has 0 amide bonds. The van der Waals surface area contributed by atoms with E-state index in [1.807, 2.05) is 19.9 Å². The molecule has 0 spiro atoms. The molecule has 28 heavy (non-hydrogen) atoms. The number of cyclic esters (lactones) is 1. The first kappa shape index (κ1) is 22.1. The second kappa shape index (κ2) is 9.87. The molecule has 2 rings (SSSR count). The van der Waals surface area contributed by atoms with E-state index in [1.165, 1.54) is 0 Å². The van der Waals surface area contributed by atoms with Crippen LogP contribution in [0.1, 0.15) is 71.6 Å². The number of ether oxygens (including phenoxy) is 2. The lowest BCUT2D eigenvalue weighted by atomic mass is 9.97. The fourth-order valence-corrected chi connectivity index (χ4v) is 3.45. The number of carbonyl (C=O) groups is 3. The number of ketones is 1. The van der Waals surface area contributed by atoms with Gasteiger partial charge in [-0.3, -0.25) is 9.59 Å². The second-order valence-electron chi connectivity index (χ2n) is 7.71. The molecule has 7 nitrogen and oxygen atoms in total. The van der Waals surface area contributed by atoms with Crippen molar-refractivity contribution in [2.24, 2.45) is 0 Å². The van der Waals surface area contributed by atoms with Gasteiger partial charge in [-0.15, -0.1) is 0 Å². The van der Waals surface area contributed by atoms with Crippen molar-refractivity contribution in [3.05, 3.63) is 23.5 Å². The first-order valence-electron chi connectivity index (χ1n) is 10.0. The van der Waals surface area contributed by atoms with E-state index in [9.17, 15) is 19.5 Å². The van der Waals surface area contributed by atoms with Gasteiger partial charge in [-0.1, -0.05) is 32.6 Å². The van der Waals surface area contributed by atoms with E-state index in [0.29, 0.717) is 0 Å². The van der Waals surface area contributed by atoms with Gasteiger partial charge in [0.2, 0.25) is 5.78 Å². The molecule has 2 aliphatic rings. The normalized spacial score (nSPS) is 27.8. The van der Waals surface area contributed by atoms with Gasteiger partial charge in [0, 0.05) is 0 Å². The molecule has 2 N–H and O–H groups in total. The van der Waals surface area contributed by atoms with Gasteiger partial charge >= 0.3 is 11.9 Å². The van der Waals surface area contributed by atoms with Gasteiger partial charge in [0.1, 0.15) is 16.9 Å². The van der Waals surface area contributed by atoms with Crippen LogP contribution in [0.15, 0.2) is 23.5 Å². The van der Waals surface area contributed by atoms with Gasteiger partial charge in [0.05, 0.1) is 12.5 Å². The number of unbranched alkanes of at least 4 members (excludes halogenated alkanes) is 4. The topological polar surface area (TPSA) is 110 Å². The molecular weight excluding hydrogens is 364 g/mol. The van der Waals surface area contributed by atoms with E-state index in [-0.39, 0.29) is 17.4 Å². The zero-order chi connectivity index (χ0) is 20.7. The molecule has 1 saturated heterocycles. The highest BCUT2D eigenvalue weighted by Crippen LogP contribution is 2.35. The van der Waals surface area contributed by atoms with E-state index in [1.54, 1.807) is 6.08 Å². The number of aliphatic hydroxyl groups is 1. The van der Waals surface area contributed by atoms with Crippen molar-refractivity contribution in [2.45, 2.75) is 89.4 Å². The number of carboxylic acids is 1. The highest BCUT2D eigenvalue weighted by molar-refractivity contribution is 6.24. The standard InChI is InChI=1S/C21H30O7/c1-3-14(22)9-7-5-4-6-8-11-21(2)12-10-15(28-21)18-19(25)16(13-17(23)24)27-20(18)26/h10,12,14,16,22H,3-9,11,13H2,1-2H3,(H,23,24)/b18-15-/t14?,16-,21+/m0/s1. The minimum Gasteiger partial charge on any atom is -0.482 e. The van der Waals surface area contributed by atoms with Gasteiger partial charge in [0.25, 0.3) is 0 Å². The second-order valence-corrected chi connectivity index (χ2v) is 7.71. The summed E-state index contributed by atoms with van der Waals surface area (Å²) in [7, 11) is 0. The van der Waals surface area contributed by atoms with E-state index in [4.69, 9.17) is 14.6 Å². The average molecular weight is 394 g/mol. The predicted octanol–water partition coefficient (Wildman–Crippen LogP) is 3.06. The Morgan fingerprint density at radius 1 is 1.21 bits per heavy atom. The fraction of sp³-hybridized carbons (Fsp3) is 0.667. The Kier molecular flexibility index (Phi) is 7.80. The van der Waals surface area contributed by atoms with Crippen LogP contribution in [0, 0.1) is 0 Å². The van der Waals surface area contributed by atoms with Crippen LogP contribution >= 0.6 is 0 Å². The summed E-state index contributed by atoms with van der Waals surface area (Å²) in [6.45, 7) is 3.88. The maximum absolute atomic E-state index is 12.3. The number of carboxylic acid groups (broad SMARTS) is 1. The summed E-state index contributed by atoms with van der Waals surface area (Å²) in [5.74, 6) is -2.49. The minimum absolute atomic E-state index is 0.166. The highest BCUT2D eigenvalue weighted by Gasteiger charge is 2.44. The lowest BCUT2D eigenvalue weighted by Gasteiger charge is -2.23. The highest BCUT2D eigenvalue weighted by atomic mass is 16.6. The van der Waals surface area contributed by atoms with Gasteiger partial charge in [-0.2, -0.15) is 0 Å². The van der Waals surface area contributed by atoms with Gasteiger partial charge in [-0.25, -0.2) is 4.79 Å². The minimum atomic E-state index is -1.28. The van der Waals surface area contributed by atoms with Gasteiger partial charge < -0.3 is 19.7 Å². The third-order valence-corrected chi connectivity index (χ3v) is 5.21. The first-order chi connectivity index (χ1) is 13.3. The third kappa shape index (κ3) is 5.92. The van der Waals surface area contributed by atoms with Crippen LogP contribution < -0.4 is 0 Å². The molecular formula is C21H30O7. The fourth-order valence-electron chi connectivity index (χ4n) is 3.45. The van der Waals surface area contributed by atoms with Crippen LogP contribution in [-0.2, 0) is 23.9 Å². The molecule has 0 aliphatic carbocycles. The van der Waals surface area contributed by atoms with Gasteiger partial charge in [0.15, 0.2) is 6.10 Å². The van der Waals surface area contributed by atoms with Crippen molar-refractivity contribution in [1.82, 2.24) is 0 Å². The molecule has 2 aliphatic heterocycles. The summed E-state index contributed by atoms with van der Waals surface area (Å²) in [6.07, 6.45) is 9.01. The Labute approximate surface area is 165 Å². The zero-order valence-electron chi connectivity index (χ0n) is 16.6. The molecule has 0 bridgehead atoms. The summed E-state index contributed by atoms with van der Waals surface area (Å²) in [6, 6.07) is 0. The van der Waals surface area contributed by atoms with Crippen LogP contribution in [-0.4, -0.2) is 45.7 Å². The number of esters is 1. The molecule has 0 radical (unpaired) electrons. The predicted molar refractivity (Wildman–Crippen MR) is 101 cm³/mol. The maximum Gasteiger partial charge on any atom is 0.346 e. The van der Waals surface area contributed by atoms with E-state index < -0.39 is 35.8 Å². The maximum atomic E-state index is 12.3. The van der Waals surface area contributed by atoms with Crippen molar-refractivity contribution < 1.29 is 34.1 Å². The van der Waals surface area contributed by atoms with Crippen molar-refractivity contribution >= 4 is 17.7 Å². The lowest BCUT2D eigenvalue weighted by Crippen LogP contribution is -2.23. The van der Waals surface area contributed by atoms with Gasteiger partial charge in [-0.05, 0) is 44.8 Å². The van der Waals surface area contributed by atoms with Crippen molar-refractivity contribution in [3.63, 3.8) is 0 Å². The third-order valence-electron chi connectivity index (χ3n) is 5.21. The molecule has 0 saturated carbocycles. The molecule has 1 unspecified atom stereocenters. The number of hydrogen-bond donors (Lipinski definition) is 2. The largest absolute Gasteiger partial charge is 0.482 e. The number of hydrogen-bond acceptors (Lipinski definition) is 6. The van der Waals surface area contributed by atoms with E-state index in [0.717, 1.165) is 51.4 Å². The quantitative estimate of drug-likeness (QED) is 0.240. The number of allylic oxidation sites excluding steroid dienone is 1. The number of aliphatic carboxylic acids is 1. The summed E-state index contributed by atoms with van der Waals surface area (Å²) < 4.78 is 10.7. The number of Topliss-reactive ketones (excluding diaryl/α,β-unsaturated/α-hetero) is 1. The molecule has 7 heteroatoms. The van der Waals surface area contributed by atoms with Crippen LogP contribution in [0.3, 0.4) is 0 Å². The SMILES string of the molecule is CCC(O)CCCCCCC[C@]1(C)C=C/C(=C2/C(=O)O[C@@H](CC(=O)O)C2=O)O1. The Bertz CT molecular complexity index is 664. The molecule has 0 aromatic rings. The Morgan fingerprint density at radius 3 is 2.57 bits per heavy atom. The molecule has 1 fully saturated rings. The molecule has 2 heterocycles. The smallest absolute Gasteiger partial charge is 0.346 e.